The van der Waals surface area contributed by atoms with Gasteiger partial charge in [0.1, 0.15) is 0 Å². The maximum Gasteiger partial charge on any atom is 0.0714 e. The van der Waals surface area contributed by atoms with Crippen molar-refractivity contribution in [2.75, 3.05) is 11.6 Å². The second-order valence-electron chi connectivity index (χ2n) is 4.67. The quantitative estimate of drug-likeness (QED) is 0.740. The summed E-state index contributed by atoms with van der Waals surface area (Å²) in [5, 5.41) is 4.07. The van der Waals surface area contributed by atoms with Gasteiger partial charge in [-0.05, 0) is 24.6 Å². The Morgan fingerprint density at radius 3 is 2.57 bits per heavy atom. The van der Waals surface area contributed by atoms with Crippen molar-refractivity contribution in [2.24, 2.45) is 0 Å². The highest BCUT2D eigenvalue weighted by molar-refractivity contribution is 6.35. The van der Waals surface area contributed by atoms with E-state index in [2.05, 4.69) is 27.7 Å². The van der Waals surface area contributed by atoms with E-state index in [0.29, 0.717) is 0 Å². The molecular weight excluding hydrogens is 286 g/mol. The molecular formula is C16H18ClN3O. The van der Waals surface area contributed by atoms with E-state index in [1.54, 1.807) is 0 Å². The lowest BCUT2D eigenvalue weighted by molar-refractivity contribution is 0.696. The zero-order valence-corrected chi connectivity index (χ0v) is 12.6. The lowest BCUT2D eigenvalue weighted by Crippen LogP contribution is -2.29. The van der Waals surface area contributed by atoms with Crippen molar-refractivity contribution in [1.29, 1.82) is 0 Å². The fourth-order valence-corrected chi connectivity index (χ4v) is 2.66. The molecule has 0 spiro atoms. The van der Waals surface area contributed by atoms with Crippen molar-refractivity contribution in [3.63, 3.8) is 0 Å². The lowest BCUT2D eigenvalue weighted by Gasteiger charge is -2.26. The number of hydrogen-bond acceptors (Lipinski definition) is 2. The standard InChI is InChI=1S/C16H16ClN3.H2O/c1-2-11-19(13-7-9-18-10-8-13)20-12-15(17)14-5-3-4-6-16(14)20;/h3-10,12H,2,11H2,1H3;1H2. The van der Waals surface area contributed by atoms with Crippen molar-refractivity contribution in [1.82, 2.24) is 9.66 Å². The third kappa shape index (κ3) is 2.86. The minimum Gasteiger partial charge on any atom is -0.412 e. The largest absolute Gasteiger partial charge is 0.412 e. The number of rotatable bonds is 4. The average Bonchev–Trinajstić information content (AvgIpc) is 2.83. The fraction of sp³-hybridized carbons (Fsp3) is 0.188. The predicted octanol–water partition coefficient (Wildman–Crippen LogP) is 3.54. The number of hydrogen-bond donors (Lipinski definition) is 0. The summed E-state index contributed by atoms with van der Waals surface area (Å²) >= 11 is 6.35. The summed E-state index contributed by atoms with van der Waals surface area (Å²) in [5.41, 5.74) is 2.22. The summed E-state index contributed by atoms with van der Waals surface area (Å²) in [6.07, 6.45) is 6.64. The van der Waals surface area contributed by atoms with Crippen LogP contribution in [-0.2, 0) is 0 Å². The Bertz CT molecular complexity index is 712. The first-order chi connectivity index (χ1) is 9.81. The van der Waals surface area contributed by atoms with Crippen LogP contribution in [0.3, 0.4) is 0 Å². The van der Waals surface area contributed by atoms with E-state index in [0.717, 1.165) is 34.6 Å². The van der Waals surface area contributed by atoms with Crippen LogP contribution in [0.1, 0.15) is 13.3 Å². The fourth-order valence-electron chi connectivity index (χ4n) is 2.41. The Hall–Kier alpha value is -2.04. The Morgan fingerprint density at radius 1 is 1.14 bits per heavy atom. The highest BCUT2D eigenvalue weighted by Crippen LogP contribution is 2.28. The molecule has 0 saturated heterocycles. The van der Waals surface area contributed by atoms with Gasteiger partial charge in [-0.15, -0.1) is 0 Å². The van der Waals surface area contributed by atoms with Crippen LogP contribution in [0.25, 0.3) is 10.9 Å². The molecule has 2 N–H and O–H groups in total. The summed E-state index contributed by atoms with van der Waals surface area (Å²) in [5.74, 6) is 0. The molecule has 0 aliphatic rings. The minimum absolute atomic E-state index is 0. The first-order valence-corrected chi connectivity index (χ1v) is 7.12. The molecule has 3 rings (SSSR count). The number of halogens is 1. The van der Waals surface area contributed by atoms with Gasteiger partial charge in [-0.1, -0.05) is 36.7 Å². The highest BCUT2D eigenvalue weighted by atomic mass is 35.5. The Labute approximate surface area is 128 Å². The molecule has 0 radical (unpaired) electrons. The normalized spacial score (nSPS) is 10.4. The van der Waals surface area contributed by atoms with Gasteiger partial charge in [-0.2, -0.15) is 0 Å². The van der Waals surface area contributed by atoms with Crippen molar-refractivity contribution < 1.29 is 5.48 Å². The molecule has 0 saturated carbocycles. The van der Waals surface area contributed by atoms with E-state index in [1.165, 1.54) is 0 Å². The number of pyridine rings is 1. The SMILES string of the molecule is CCCN(c1ccncc1)n1cc(Cl)c2ccccc21.O. The number of aromatic nitrogens is 2. The number of anilines is 1. The van der Waals surface area contributed by atoms with Crippen molar-refractivity contribution in [3.05, 3.63) is 60.0 Å². The molecule has 0 unspecified atom stereocenters. The lowest BCUT2D eigenvalue weighted by atomic mass is 10.2. The zero-order valence-electron chi connectivity index (χ0n) is 11.8. The molecule has 1 aromatic carbocycles. The first-order valence-electron chi connectivity index (χ1n) is 6.74. The summed E-state index contributed by atoms with van der Waals surface area (Å²) in [4.78, 5) is 4.09. The van der Waals surface area contributed by atoms with Gasteiger partial charge in [0.25, 0.3) is 0 Å². The van der Waals surface area contributed by atoms with Crippen LogP contribution in [0.4, 0.5) is 5.69 Å². The summed E-state index contributed by atoms with van der Waals surface area (Å²) in [7, 11) is 0. The van der Waals surface area contributed by atoms with E-state index in [9.17, 15) is 0 Å². The molecule has 4 nitrogen and oxygen atoms in total. The smallest absolute Gasteiger partial charge is 0.0714 e. The van der Waals surface area contributed by atoms with Gasteiger partial charge in [0.05, 0.1) is 16.2 Å². The molecule has 0 fully saturated rings. The minimum atomic E-state index is 0. The van der Waals surface area contributed by atoms with Gasteiger partial charge in [0, 0.05) is 30.5 Å². The molecule has 0 aliphatic heterocycles. The predicted molar refractivity (Wildman–Crippen MR) is 87.8 cm³/mol. The highest BCUT2D eigenvalue weighted by Gasteiger charge is 2.13. The van der Waals surface area contributed by atoms with E-state index in [1.807, 2.05) is 48.9 Å². The van der Waals surface area contributed by atoms with Crippen LogP contribution < -0.4 is 5.01 Å². The molecule has 2 aromatic heterocycles. The van der Waals surface area contributed by atoms with Crippen LogP contribution in [0, 0.1) is 0 Å². The van der Waals surface area contributed by atoms with Crippen LogP contribution in [0.15, 0.2) is 55.0 Å². The van der Waals surface area contributed by atoms with Crippen LogP contribution in [0.2, 0.25) is 5.02 Å². The second kappa shape index (κ2) is 6.61. The van der Waals surface area contributed by atoms with Gasteiger partial charge in [0.2, 0.25) is 0 Å². The van der Waals surface area contributed by atoms with Gasteiger partial charge >= 0.3 is 0 Å². The third-order valence-corrected chi connectivity index (χ3v) is 3.60. The van der Waals surface area contributed by atoms with Crippen molar-refractivity contribution in [2.45, 2.75) is 13.3 Å². The van der Waals surface area contributed by atoms with E-state index in [4.69, 9.17) is 11.6 Å². The van der Waals surface area contributed by atoms with Gasteiger partial charge < -0.3 is 5.48 Å². The molecule has 5 heteroatoms. The van der Waals surface area contributed by atoms with E-state index < -0.39 is 0 Å². The maximum absolute atomic E-state index is 6.35. The van der Waals surface area contributed by atoms with Crippen molar-refractivity contribution >= 4 is 28.2 Å². The number of benzene rings is 1. The molecule has 21 heavy (non-hydrogen) atoms. The average molecular weight is 304 g/mol. The Morgan fingerprint density at radius 2 is 1.86 bits per heavy atom. The van der Waals surface area contributed by atoms with E-state index >= 15 is 0 Å². The van der Waals surface area contributed by atoms with E-state index in [-0.39, 0.29) is 5.48 Å². The molecule has 0 aliphatic carbocycles. The number of para-hydroxylation sites is 1. The summed E-state index contributed by atoms with van der Waals surface area (Å²) in [6, 6.07) is 12.2. The zero-order chi connectivity index (χ0) is 13.9. The first kappa shape index (κ1) is 15.4. The third-order valence-electron chi connectivity index (χ3n) is 3.30. The van der Waals surface area contributed by atoms with Gasteiger partial charge in [0.15, 0.2) is 0 Å². The van der Waals surface area contributed by atoms with Gasteiger partial charge in [-0.3, -0.25) is 14.7 Å². The number of nitrogens with zero attached hydrogens (tertiary/aromatic N) is 3. The van der Waals surface area contributed by atoms with Crippen LogP contribution in [-0.4, -0.2) is 21.7 Å². The molecule has 0 amide bonds. The molecule has 3 aromatic rings. The van der Waals surface area contributed by atoms with Crippen molar-refractivity contribution in [3.8, 4) is 0 Å². The van der Waals surface area contributed by atoms with Crippen LogP contribution >= 0.6 is 11.6 Å². The number of fused-ring (bicyclic) bond motifs is 1. The molecule has 0 atom stereocenters. The molecule has 0 bridgehead atoms. The monoisotopic (exact) mass is 303 g/mol. The summed E-state index contributed by atoms with van der Waals surface area (Å²) < 4.78 is 2.12. The van der Waals surface area contributed by atoms with Crippen LogP contribution in [0.5, 0.6) is 0 Å². The second-order valence-corrected chi connectivity index (χ2v) is 5.07. The Balaban J connectivity index is 0.00000161. The topological polar surface area (TPSA) is 52.6 Å². The van der Waals surface area contributed by atoms with Gasteiger partial charge in [-0.25, -0.2) is 0 Å². The Kier molecular flexibility index (Phi) is 4.83. The summed E-state index contributed by atoms with van der Waals surface area (Å²) in [6.45, 7) is 3.08. The maximum atomic E-state index is 6.35. The molecule has 110 valence electrons. The molecule has 2 heterocycles.